The van der Waals surface area contributed by atoms with Gasteiger partial charge >= 0.3 is 0 Å². The van der Waals surface area contributed by atoms with Crippen molar-refractivity contribution in [3.05, 3.63) is 24.2 Å². The molecule has 0 bridgehead atoms. The Labute approximate surface area is 139 Å². The van der Waals surface area contributed by atoms with Gasteiger partial charge < -0.3 is 9.73 Å². The molecule has 1 unspecified atom stereocenters. The molecule has 0 spiro atoms. The van der Waals surface area contributed by atoms with Crippen LogP contribution >= 0.6 is 24.0 Å². The number of unbranched alkanes of at least 4 members (excludes halogenated alkanes) is 2. The summed E-state index contributed by atoms with van der Waals surface area (Å²) < 4.78 is 5.82. The van der Waals surface area contributed by atoms with E-state index in [0.717, 1.165) is 25.0 Å². The third-order valence-electron chi connectivity index (χ3n) is 3.44. The first kappa shape index (κ1) is 17.0. The summed E-state index contributed by atoms with van der Waals surface area (Å²) in [6.07, 6.45) is 4.65. The average molecular weight is 340 g/mol. The van der Waals surface area contributed by atoms with Gasteiger partial charge in [0.25, 0.3) is 0 Å². The molecular formula is C15H20N2O3S2. The number of nitrogens with one attached hydrogen (secondary N) is 1. The van der Waals surface area contributed by atoms with Gasteiger partial charge in [-0.3, -0.25) is 14.5 Å². The van der Waals surface area contributed by atoms with E-state index in [1.54, 1.807) is 17.2 Å². The van der Waals surface area contributed by atoms with Crippen LogP contribution in [-0.4, -0.2) is 32.8 Å². The van der Waals surface area contributed by atoms with E-state index in [-0.39, 0.29) is 17.1 Å². The Morgan fingerprint density at radius 2 is 2.27 bits per heavy atom. The van der Waals surface area contributed by atoms with Crippen LogP contribution in [0.25, 0.3) is 0 Å². The molecule has 2 heterocycles. The highest BCUT2D eigenvalue weighted by Gasteiger charge is 2.32. The highest BCUT2D eigenvalue weighted by molar-refractivity contribution is 8.24. The second-order valence-corrected chi connectivity index (χ2v) is 7.16. The van der Waals surface area contributed by atoms with Crippen LogP contribution in [0.1, 0.15) is 38.4 Å². The molecule has 120 valence electrons. The third kappa shape index (κ3) is 4.84. The van der Waals surface area contributed by atoms with Gasteiger partial charge in [-0.25, -0.2) is 0 Å². The van der Waals surface area contributed by atoms with Crippen molar-refractivity contribution in [1.29, 1.82) is 0 Å². The van der Waals surface area contributed by atoms with Crippen LogP contribution in [0, 0.1) is 0 Å². The van der Waals surface area contributed by atoms with Crippen molar-refractivity contribution in [3.63, 3.8) is 0 Å². The highest BCUT2D eigenvalue weighted by atomic mass is 32.2. The van der Waals surface area contributed by atoms with E-state index in [4.69, 9.17) is 16.6 Å². The number of hydrogen-bond donors (Lipinski definition) is 1. The lowest BCUT2D eigenvalue weighted by atomic mass is 10.2. The van der Waals surface area contributed by atoms with Crippen LogP contribution < -0.4 is 5.32 Å². The Bertz CT molecular complexity index is 531. The van der Waals surface area contributed by atoms with Gasteiger partial charge in [-0.05, 0) is 31.9 Å². The Balaban J connectivity index is 1.54. The van der Waals surface area contributed by atoms with E-state index in [2.05, 4.69) is 5.32 Å². The SMILES string of the molecule is CC1SC(=S)N(CCCCCC(=O)NCc2ccco2)C1=O. The van der Waals surface area contributed by atoms with Gasteiger partial charge in [0, 0.05) is 13.0 Å². The van der Waals surface area contributed by atoms with Crippen LogP contribution in [0.2, 0.25) is 0 Å². The first-order valence-electron chi connectivity index (χ1n) is 7.39. The minimum atomic E-state index is -0.0557. The van der Waals surface area contributed by atoms with Gasteiger partial charge in [0.05, 0.1) is 18.1 Å². The molecule has 1 saturated heterocycles. The second kappa shape index (κ2) is 8.33. The quantitative estimate of drug-likeness (QED) is 0.582. The number of nitrogens with zero attached hydrogens (tertiary/aromatic N) is 1. The normalized spacial score (nSPS) is 18.0. The molecule has 1 atom stereocenters. The maximum absolute atomic E-state index is 11.8. The van der Waals surface area contributed by atoms with Gasteiger partial charge in [-0.15, -0.1) is 0 Å². The molecule has 0 aromatic carbocycles. The van der Waals surface area contributed by atoms with E-state index in [9.17, 15) is 9.59 Å². The zero-order chi connectivity index (χ0) is 15.9. The molecule has 5 nitrogen and oxygen atoms in total. The lowest BCUT2D eigenvalue weighted by Gasteiger charge is -2.14. The first-order valence-corrected chi connectivity index (χ1v) is 8.68. The van der Waals surface area contributed by atoms with Crippen LogP contribution in [0.15, 0.2) is 22.8 Å². The maximum atomic E-state index is 11.8. The fraction of sp³-hybridized carbons (Fsp3) is 0.533. The van der Waals surface area contributed by atoms with Gasteiger partial charge in [-0.2, -0.15) is 0 Å². The lowest BCUT2D eigenvalue weighted by molar-refractivity contribution is -0.126. The molecular weight excluding hydrogens is 320 g/mol. The number of hydrogen-bond acceptors (Lipinski definition) is 5. The van der Waals surface area contributed by atoms with E-state index < -0.39 is 0 Å². The molecule has 0 radical (unpaired) electrons. The summed E-state index contributed by atoms with van der Waals surface area (Å²) in [7, 11) is 0. The summed E-state index contributed by atoms with van der Waals surface area (Å²) in [5.74, 6) is 0.876. The molecule has 0 aliphatic carbocycles. The summed E-state index contributed by atoms with van der Waals surface area (Å²) in [4.78, 5) is 25.2. The molecule has 2 amide bonds. The largest absolute Gasteiger partial charge is 0.467 e. The smallest absolute Gasteiger partial charge is 0.241 e. The number of rotatable bonds is 8. The van der Waals surface area contributed by atoms with Gasteiger partial charge in [0.15, 0.2) is 0 Å². The van der Waals surface area contributed by atoms with Crippen LogP contribution in [0.5, 0.6) is 0 Å². The van der Waals surface area contributed by atoms with Crippen LogP contribution in [0.4, 0.5) is 0 Å². The Morgan fingerprint density at radius 3 is 2.91 bits per heavy atom. The van der Waals surface area contributed by atoms with Crippen molar-refractivity contribution in [1.82, 2.24) is 10.2 Å². The third-order valence-corrected chi connectivity index (χ3v) is 4.92. The topological polar surface area (TPSA) is 62.6 Å². The molecule has 7 heteroatoms. The summed E-state index contributed by atoms with van der Waals surface area (Å²) >= 11 is 6.63. The predicted molar refractivity (Wildman–Crippen MR) is 90.4 cm³/mol. The molecule has 22 heavy (non-hydrogen) atoms. The minimum absolute atomic E-state index is 0.0216. The number of carbonyl (C=O) groups is 2. The molecule has 1 fully saturated rings. The van der Waals surface area contributed by atoms with Gasteiger partial charge in [0.1, 0.15) is 10.1 Å². The summed E-state index contributed by atoms with van der Waals surface area (Å²) in [6, 6.07) is 3.62. The summed E-state index contributed by atoms with van der Waals surface area (Å²) in [6.45, 7) is 2.96. The van der Waals surface area contributed by atoms with Crippen molar-refractivity contribution in [3.8, 4) is 0 Å². The standard InChI is InChI=1S/C15H20N2O3S2/c1-11-14(19)17(15(21)22-11)8-4-2-3-7-13(18)16-10-12-6-5-9-20-12/h5-6,9,11H,2-4,7-8,10H2,1H3,(H,16,18). The molecule has 0 saturated carbocycles. The van der Waals surface area contributed by atoms with Crippen LogP contribution in [0.3, 0.4) is 0 Å². The zero-order valence-electron chi connectivity index (χ0n) is 12.5. The monoisotopic (exact) mass is 340 g/mol. The number of amides is 2. The minimum Gasteiger partial charge on any atom is -0.467 e. The Hall–Kier alpha value is -1.34. The Kier molecular flexibility index (Phi) is 6.45. The summed E-state index contributed by atoms with van der Waals surface area (Å²) in [5, 5.41) is 2.76. The fourth-order valence-corrected chi connectivity index (χ4v) is 3.65. The van der Waals surface area contributed by atoms with E-state index in [1.807, 2.05) is 13.0 Å². The number of thiocarbonyl (C=S) groups is 1. The average Bonchev–Trinajstić information content (AvgIpc) is 3.08. The number of thioether (sulfide) groups is 1. The van der Waals surface area contributed by atoms with E-state index >= 15 is 0 Å². The van der Waals surface area contributed by atoms with Crippen LogP contribution in [-0.2, 0) is 16.1 Å². The van der Waals surface area contributed by atoms with E-state index in [0.29, 0.717) is 23.8 Å². The maximum Gasteiger partial charge on any atom is 0.241 e. The number of carbonyl (C=O) groups excluding carboxylic acids is 2. The predicted octanol–water partition coefficient (Wildman–Crippen LogP) is 2.71. The van der Waals surface area contributed by atoms with Gasteiger partial charge in [0.2, 0.25) is 11.8 Å². The van der Waals surface area contributed by atoms with Crippen molar-refractivity contribution in [2.24, 2.45) is 0 Å². The molecule has 1 aromatic rings. The fourth-order valence-electron chi connectivity index (χ4n) is 2.20. The van der Waals surface area contributed by atoms with Crippen molar-refractivity contribution < 1.29 is 14.0 Å². The van der Waals surface area contributed by atoms with E-state index in [1.165, 1.54) is 11.8 Å². The molecule has 1 aromatic heterocycles. The van der Waals surface area contributed by atoms with Crippen molar-refractivity contribution >= 4 is 40.1 Å². The lowest BCUT2D eigenvalue weighted by Crippen LogP contribution is -2.31. The van der Waals surface area contributed by atoms with Gasteiger partial charge in [-0.1, -0.05) is 30.4 Å². The highest BCUT2D eigenvalue weighted by Crippen LogP contribution is 2.26. The zero-order valence-corrected chi connectivity index (χ0v) is 14.2. The molecule has 2 rings (SSSR count). The Morgan fingerprint density at radius 1 is 1.45 bits per heavy atom. The first-order chi connectivity index (χ1) is 10.6. The molecule has 1 aliphatic rings. The number of furan rings is 1. The van der Waals surface area contributed by atoms with Crippen molar-refractivity contribution in [2.45, 2.75) is 44.4 Å². The summed E-state index contributed by atoms with van der Waals surface area (Å²) in [5.41, 5.74) is 0. The second-order valence-electron chi connectivity index (χ2n) is 5.18. The molecule has 1 aliphatic heterocycles. The van der Waals surface area contributed by atoms with Crippen molar-refractivity contribution in [2.75, 3.05) is 6.54 Å². The molecule has 1 N–H and O–H groups in total.